The van der Waals surface area contributed by atoms with Crippen molar-refractivity contribution in [2.75, 3.05) is 5.32 Å². The van der Waals surface area contributed by atoms with E-state index in [0.717, 1.165) is 27.1 Å². The number of carbonyl (C=O) groups excluding carboxylic acids is 1. The number of ether oxygens (including phenoxy) is 1. The van der Waals surface area contributed by atoms with E-state index in [9.17, 15) is 9.59 Å². The molecule has 0 radical (unpaired) electrons. The van der Waals surface area contributed by atoms with Crippen LogP contribution in [0.25, 0.3) is 10.2 Å². The molecule has 0 saturated carbocycles. The Bertz CT molecular complexity index is 1040. The van der Waals surface area contributed by atoms with Crippen LogP contribution in [0, 0.1) is 13.8 Å². The average Bonchev–Trinajstić information content (AvgIpc) is 2.96. The molecule has 5 nitrogen and oxygen atoms in total. The molecule has 0 aliphatic heterocycles. The predicted molar refractivity (Wildman–Crippen MR) is 111 cm³/mol. The van der Waals surface area contributed by atoms with Crippen molar-refractivity contribution in [3.63, 3.8) is 0 Å². The number of thiazole rings is 1. The van der Waals surface area contributed by atoms with Gasteiger partial charge in [-0.25, -0.2) is 0 Å². The molecule has 3 aromatic rings. The third-order valence-corrected chi connectivity index (χ3v) is 5.47. The molecule has 27 heavy (non-hydrogen) atoms. The monoisotopic (exact) mass is 384 g/mol. The first-order valence-corrected chi connectivity index (χ1v) is 9.92. The molecule has 6 heteroatoms. The minimum Gasteiger partial charge on any atom is -0.480 e. The zero-order valence-electron chi connectivity index (χ0n) is 16.0. The van der Waals surface area contributed by atoms with Crippen molar-refractivity contribution in [2.24, 2.45) is 0 Å². The maximum absolute atomic E-state index is 12.7. The van der Waals surface area contributed by atoms with Crippen LogP contribution in [0.4, 0.5) is 5.69 Å². The van der Waals surface area contributed by atoms with Gasteiger partial charge in [0.15, 0.2) is 6.10 Å². The van der Waals surface area contributed by atoms with Crippen LogP contribution in [0.3, 0.4) is 0 Å². The molecule has 1 N–H and O–H groups in total. The number of aromatic nitrogens is 1. The molecule has 0 bridgehead atoms. The number of rotatable bonds is 6. The molecule has 0 fully saturated rings. The van der Waals surface area contributed by atoms with E-state index in [1.54, 1.807) is 4.57 Å². The van der Waals surface area contributed by atoms with Gasteiger partial charge in [0.1, 0.15) is 5.75 Å². The summed E-state index contributed by atoms with van der Waals surface area (Å²) in [5.74, 6) is 0.533. The summed E-state index contributed by atoms with van der Waals surface area (Å²) < 4.78 is 8.56. The van der Waals surface area contributed by atoms with E-state index < -0.39 is 6.10 Å². The molecular formula is C21H24N2O3S. The van der Waals surface area contributed by atoms with Crippen LogP contribution in [-0.2, 0) is 11.3 Å². The van der Waals surface area contributed by atoms with Gasteiger partial charge in [-0.1, -0.05) is 30.4 Å². The SMILES string of the molecule is CC[C@H](Oc1cc(C)ccc1C)C(=O)Nc1ccc2c(c1)sc(=O)n2CC. The minimum atomic E-state index is -0.583. The minimum absolute atomic E-state index is 0.0145. The number of amides is 1. The Hall–Kier alpha value is -2.60. The summed E-state index contributed by atoms with van der Waals surface area (Å²) in [7, 11) is 0. The number of benzene rings is 2. The summed E-state index contributed by atoms with van der Waals surface area (Å²) >= 11 is 1.19. The highest BCUT2D eigenvalue weighted by molar-refractivity contribution is 7.16. The van der Waals surface area contributed by atoms with Gasteiger partial charge in [0.05, 0.1) is 10.2 Å². The van der Waals surface area contributed by atoms with Crippen molar-refractivity contribution < 1.29 is 9.53 Å². The quantitative estimate of drug-likeness (QED) is 0.681. The second-order valence-electron chi connectivity index (χ2n) is 6.57. The van der Waals surface area contributed by atoms with Crippen molar-refractivity contribution in [1.82, 2.24) is 4.57 Å². The number of carbonyl (C=O) groups is 1. The number of nitrogens with one attached hydrogen (secondary N) is 1. The van der Waals surface area contributed by atoms with Crippen molar-refractivity contribution in [2.45, 2.75) is 46.8 Å². The van der Waals surface area contributed by atoms with E-state index in [1.807, 2.05) is 64.1 Å². The Balaban J connectivity index is 1.79. The van der Waals surface area contributed by atoms with Gasteiger partial charge < -0.3 is 10.1 Å². The molecule has 1 heterocycles. The first-order chi connectivity index (χ1) is 12.9. The molecule has 0 unspecified atom stereocenters. The van der Waals surface area contributed by atoms with Gasteiger partial charge in [-0.15, -0.1) is 0 Å². The van der Waals surface area contributed by atoms with E-state index in [-0.39, 0.29) is 10.8 Å². The molecule has 3 rings (SSSR count). The van der Waals surface area contributed by atoms with Gasteiger partial charge in [0.2, 0.25) is 0 Å². The molecule has 0 saturated heterocycles. The molecule has 2 aromatic carbocycles. The number of anilines is 1. The third kappa shape index (κ3) is 4.06. The normalized spacial score (nSPS) is 12.1. The summed E-state index contributed by atoms with van der Waals surface area (Å²) in [4.78, 5) is 24.7. The highest BCUT2D eigenvalue weighted by Gasteiger charge is 2.20. The maximum atomic E-state index is 12.7. The largest absolute Gasteiger partial charge is 0.480 e. The highest BCUT2D eigenvalue weighted by atomic mass is 32.1. The predicted octanol–water partition coefficient (Wildman–Crippen LogP) is 4.50. The standard InChI is InChI=1S/C21H24N2O3S/c1-5-17(26-18-11-13(3)7-8-14(18)4)20(24)22-15-9-10-16-19(12-15)27-21(25)23(16)6-2/h7-12,17H,5-6H2,1-4H3,(H,22,24)/t17-/m0/s1. The third-order valence-electron chi connectivity index (χ3n) is 4.53. The number of hydrogen-bond acceptors (Lipinski definition) is 4. The van der Waals surface area contributed by atoms with Gasteiger partial charge in [0, 0.05) is 12.2 Å². The molecule has 1 amide bonds. The summed E-state index contributed by atoms with van der Waals surface area (Å²) in [6, 6.07) is 11.5. The first-order valence-electron chi connectivity index (χ1n) is 9.11. The lowest BCUT2D eigenvalue weighted by molar-refractivity contribution is -0.122. The van der Waals surface area contributed by atoms with Crippen LogP contribution in [0.1, 0.15) is 31.4 Å². The fraction of sp³-hybridized carbons (Fsp3) is 0.333. The van der Waals surface area contributed by atoms with Crippen molar-refractivity contribution >= 4 is 33.1 Å². The number of nitrogens with zero attached hydrogens (tertiary/aromatic N) is 1. The summed E-state index contributed by atoms with van der Waals surface area (Å²) in [6.45, 7) is 8.46. The highest BCUT2D eigenvalue weighted by Crippen LogP contribution is 2.24. The van der Waals surface area contributed by atoms with E-state index in [0.29, 0.717) is 18.7 Å². The Morgan fingerprint density at radius 2 is 1.96 bits per heavy atom. The van der Waals surface area contributed by atoms with E-state index in [4.69, 9.17) is 4.74 Å². The van der Waals surface area contributed by atoms with Crippen LogP contribution < -0.4 is 14.9 Å². The van der Waals surface area contributed by atoms with Crippen LogP contribution in [0.2, 0.25) is 0 Å². The van der Waals surface area contributed by atoms with Gasteiger partial charge in [-0.2, -0.15) is 0 Å². The van der Waals surface area contributed by atoms with E-state index in [1.165, 1.54) is 11.3 Å². The molecular weight excluding hydrogens is 360 g/mol. The Labute approximate surface area is 162 Å². The fourth-order valence-corrected chi connectivity index (χ4v) is 3.97. The molecule has 0 spiro atoms. The topological polar surface area (TPSA) is 60.3 Å². The maximum Gasteiger partial charge on any atom is 0.308 e. The zero-order valence-corrected chi connectivity index (χ0v) is 16.9. The number of fused-ring (bicyclic) bond motifs is 1. The Morgan fingerprint density at radius 1 is 1.19 bits per heavy atom. The summed E-state index contributed by atoms with van der Waals surface area (Å²) in [5, 5.41) is 2.92. The van der Waals surface area contributed by atoms with Crippen LogP contribution >= 0.6 is 11.3 Å². The van der Waals surface area contributed by atoms with Gasteiger partial charge >= 0.3 is 4.87 Å². The van der Waals surface area contributed by atoms with Crippen LogP contribution in [0.15, 0.2) is 41.2 Å². The lowest BCUT2D eigenvalue weighted by atomic mass is 10.1. The van der Waals surface area contributed by atoms with Gasteiger partial charge in [-0.05, 0) is 62.6 Å². The van der Waals surface area contributed by atoms with E-state index >= 15 is 0 Å². The molecule has 142 valence electrons. The van der Waals surface area contributed by atoms with E-state index in [2.05, 4.69) is 5.32 Å². The number of hydrogen-bond donors (Lipinski definition) is 1. The van der Waals surface area contributed by atoms with Crippen molar-refractivity contribution in [1.29, 1.82) is 0 Å². The molecule has 1 aromatic heterocycles. The summed E-state index contributed by atoms with van der Waals surface area (Å²) in [5.41, 5.74) is 3.65. The molecule has 0 aliphatic rings. The Morgan fingerprint density at radius 3 is 2.67 bits per heavy atom. The smallest absolute Gasteiger partial charge is 0.308 e. The van der Waals surface area contributed by atoms with Gasteiger partial charge in [0.25, 0.3) is 5.91 Å². The lowest BCUT2D eigenvalue weighted by Crippen LogP contribution is -2.32. The van der Waals surface area contributed by atoms with Gasteiger partial charge in [-0.3, -0.25) is 14.2 Å². The fourth-order valence-electron chi connectivity index (χ4n) is 2.98. The zero-order chi connectivity index (χ0) is 19.6. The molecule has 0 aliphatic carbocycles. The molecule has 1 atom stereocenters. The summed E-state index contributed by atoms with van der Waals surface area (Å²) in [6.07, 6.45) is -0.0266. The first kappa shape index (κ1) is 19.2. The van der Waals surface area contributed by atoms with Crippen LogP contribution in [0.5, 0.6) is 5.75 Å². The average molecular weight is 385 g/mol. The van der Waals surface area contributed by atoms with Crippen molar-refractivity contribution in [3.05, 3.63) is 57.2 Å². The van der Waals surface area contributed by atoms with Crippen LogP contribution in [-0.4, -0.2) is 16.6 Å². The lowest BCUT2D eigenvalue weighted by Gasteiger charge is -2.19. The van der Waals surface area contributed by atoms with Crippen molar-refractivity contribution in [3.8, 4) is 5.75 Å². The number of aryl methyl sites for hydroxylation is 3. The second kappa shape index (κ2) is 7.96. The Kier molecular flexibility index (Phi) is 5.65. The second-order valence-corrected chi connectivity index (χ2v) is 7.56.